The van der Waals surface area contributed by atoms with E-state index in [1.807, 2.05) is 6.07 Å². The number of nitrogens with two attached hydrogens (primary N) is 1. The molecular weight excluding hydrogens is 249 g/mol. The molecule has 0 heterocycles. The van der Waals surface area contributed by atoms with Crippen LogP contribution < -0.4 is 67.5 Å². The zero-order chi connectivity index (χ0) is 11.3. The Kier molecular flexibility index (Phi) is 7.58. The van der Waals surface area contributed by atoms with E-state index in [1.165, 1.54) is 0 Å². The fourth-order valence-electron chi connectivity index (χ4n) is 0.933. The molecule has 0 amide bonds. The van der Waals surface area contributed by atoms with Gasteiger partial charge in [0.25, 0.3) is 0 Å². The zero-order valence-electron chi connectivity index (χ0n) is 8.73. The molecule has 0 aliphatic carbocycles. The second-order valence-electron chi connectivity index (χ2n) is 2.67. The number of benzene rings is 1. The first-order valence-electron chi connectivity index (χ1n) is 4.08. The smallest absolute Gasteiger partial charge is 0.860 e. The minimum Gasteiger partial charge on any atom is -0.860 e. The molecule has 3 N–H and O–H groups in total. The summed E-state index contributed by atoms with van der Waals surface area (Å²) in [5.74, 6) is -0.828. The third kappa shape index (κ3) is 4.61. The Morgan fingerprint density at radius 2 is 1.94 bits per heavy atom. The minimum absolute atomic E-state index is 0. The van der Waals surface area contributed by atoms with Crippen LogP contribution in [0, 0.1) is 11.3 Å². The quantitative estimate of drug-likeness (QED) is 0.201. The third-order valence-corrected chi connectivity index (χ3v) is 1.92. The first-order valence-corrected chi connectivity index (χ1v) is 4.49. The molecule has 0 aliphatic rings. The summed E-state index contributed by atoms with van der Waals surface area (Å²) in [5.41, 5.74) is 5.44. The SMILES string of the molecule is N#CC(C(=S)Nc1ccccc1)=C(N)[O-].[K+]. The van der Waals surface area contributed by atoms with Gasteiger partial charge in [-0.1, -0.05) is 30.4 Å². The first kappa shape index (κ1) is 15.6. The van der Waals surface area contributed by atoms with Gasteiger partial charge < -0.3 is 16.2 Å². The second kappa shape index (κ2) is 7.79. The Morgan fingerprint density at radius 3 is 2.38 bits per heavy atom. The van der Waals surface area contributed by atoms with E-state index < -0.39 is 5.88 Å². The summed E-state index contributed by atoms with van der Waals surface area (Å²) in [4.78, 5) is 0.0381. The number of nitrogens with zero attached hydrogens (tertiary/aromatic N) is 1. The Bertz CT molecular complexity index is 435. The van der Waals surface area contributed by atoms with Gasteiger partial charge >= 0.3 is 51.4 Å². The number of hydrogen-bond donors (Lipinski definition) is 2. The monoisotopic (exact) mass is 257 g/mol. The number of rotatable bonds is 2. The third-order valence-electron chi connectivity index (χ3n) is 1.62. The maximum Gasteiger partial charge on any atom is 1.00 e. The predicted octanol–water partition coefficient (Wildman–Crippen LogP) is -2.52. The summed E-state index contributed by atoms with van der Waals surface area (Å²) < 4.78 is 0. The maximum atomic E-state index is 10.8. The summed E-state index contributed by atoms with van der Waals surface area (Å²) in [6.07, 6.45) is 0. The van der Waals surface area contributed by atoms with Crippen molar-refractivity contribution in [2.24, 2.45) is 5.73 Å². The van der Waals surface area contributed by atoms with Crippen LogP contribution in [0.15, 0.2) is 41.8 Å². The Balaban J connectivity index is 0.00000225. The van der Waals surface area contributed by atoms with Gasteiger partial charge in [-0.2, -0.15) is 5.26 Å². The number of nitriles is 1. The molecule has 0 spiro atoms. The van der Waals surface area contributed by atoms with Crippen LogP contribution >= 0.6 is 12.2 Å². The standard InChI is InChI=1S/C10H9N3OS.K/c11-6-8(9(12)14)10(15)13-7-4-2-1-3-5-7;/h1-5,14H,12H2,(H,13,15);/q;+1/p-1. The predicted molar refractivity (Wildman–Crippen MR) is 59.5 cm³/mol. The fraction of sp³-hybridized carbons (Fsp3) is 0. The van der Waals surface area contributed by atoms with Crippen molar-refractivity contribution in [3.05, 3.63) is 41.8 Å². The van der Waals surface area contributed by atoms with Crippen LogP contribution in [-0.2, 0) is 0 Å². The van der Waals surface area contributed by atoms with Crippen LogP contribution in [0.2, 0.25) is 0 Å². The van der Waals surface area contributed by atoms with Gasteiger partial charge in [0.2, 0.25) is 0 Å². The molecular formula is C10H8KN3OS. The Morgan fingerprint density at radius 1 is 1.38 bits per heavy atom. The van der Waals surface area contributed by atoms with E-state index in [0.717, 1.165) is 0 Å². The van der Waals surface area contributed by atoms with Crippen molar-refractivity contribution in [1.82, 2.24) is 0 Å². The molecule has 6 heteroatoms. The zero-order valence-corrected chi connectivity index (χ0v) is 12.7. The van der Waals surface area contributed by atoms with Crippen LogP contribution in [0.4, 0.5) is 5.69 Å². The largest absolute Gasteiger partial charge is 1.00 e. The van der Waals surface area contributed by atoms with Crippen LogP contribution in [0.25, 0.3) is 0 Å². The summed E-state index contributed by atoms with van der Waals surface area (Å²) in [6, 6.07) is 10.7. The van der Waals surface area contributed by atoms with Crippen molar-refractivity contribution in [1.29, 1.82) is 5.26 Å². The van der Waals surface area contributed by atoms with Gasteiger partial charge in [0.15, 0.2) is 0 Å². The van der Waals surface area contributed by atoms with Crippen LogP contribution in [0.5, 0.6) is 0 Å². The number of nitrogens with one attached hydrogen (secondary N) is 1. The van der Waals surface area contributed by atoms with Gasteiger partial charge in [-0.15, -0.1) is 0 Å². The molecule has 1 aromatic rings. The van der Waals surface area contributed by atoms with Gasteiger partial charge in [-0.25, -0.2) is 0 Å². The van der Waals surface area contributed by atoms with Crippen LogP contribution in [0.1, 0.15) is 0 Å². The fourth-order valence-corrected chi connectivity index (χ4v) is 1.20. The molecule has 76 valence electrons. The number of anilines is 1. The van der Waals surface area contributed by atoms with Crippen molar-refractivity contribution < 1.29 is 56.5 Å². The van der Waals surface area contributed by atoms with E-state index in [1.54, 1.807) is 30.3 Å². The molecule has 0 aliphatic heterocycles. The summed E-state index contributed by atoms with van der Waals surface area (Å²) in [5, 5.41) is 22.2. The summed E-state index contributed by atoms with van der Waals surface area (Å²) >= 11 is 4.86. The van der Waals surface area contributed by atoms with Crippen molar-refractivity contribution in [2.75, 3.05) is 5.32 Å². The van der Waals surface area contributed by atoms with Crippen molar-refractivity contribution in [2.45, 2.75) is 0 Å². The number of para-hydroxylation sites is 1. The second-order valence-corrected chi connectivity index (χ2v) is 3.08. The normalized spacial score (nSPS) is 10.4. The number of thiocarbonyl (C=S) groups is 1. The molecule has 0 saturated heterocycles. The number of hydrogen-bond acceptors (Lipinski definition) is 4. The minimum atomic E-state index is -0.828. The van der Waals surface area contributed by atoms with Gasteiger partial charge in [-0.3, -0.25) is 0 Å². The molecule has 0 aromatic heterocycles. The molecule has 0 saturated carbocycles. The first-order chi connectivity index (χ1) is 7.15. The molecule has 0 radical (unpaired) electrons. The molecule has 0 bridgehead atoms. The Labute approximate surface area is 142 Å². The molecule has 0 fully saturated rings. The molecule has 16 heavy (non-hydrogen) atoms. The van der Waals surface area contributed by atoms with Gasteiger partial charge in [0, 0.05) is 5.69 Å². The van der Waals surface area contributed by atoms with Crippen LogP contribution in [-0.4, -0.2) is 4.99 Å². The van der Waals surface area contributed by atoms with E-state index in [0.29, 0.717) is 5.69 Å². The molecule has 4 nitrogen and oxygen atoms in total. The summed E-state index contributed by atoms with van der Waals surface area (Å²) in [7, 11) is 0. The van der Waals surface area contributed by atoms with E-state index in [4.69, 9.17) is 23.2 Å². The van der Waals surface area contributed by atoms with E-state index >= 15 is 0 Å². The van der Waals surface area contributed by atoms with Crippen LogP contribution in [0.3, 0.4) is 0 Å². The van der Waals surface area contributed by atoms with E-state index in [9.17, 15) is 5.11 Å². The molecule has 1 rings (SSSR count). The van der Waals surface area contributed by atoms with Gasteiger partial charge in [-0.05, 0) is 18.0 Å². The van der Waals surface area contributed by atoms with Crippen molar-refractivity contribution in [3.63, 3.8) is 0 Å². The molecule has 0 atom stereocenters. The topological polar surface area (TPSA) is 84.9 Å². The van der Waals surface area contributed by atoms with Crippen molar-refractivity contribution in [3.8, 4) is 6.07 Å². The average molecular weight is 257 g/mol. The van der Waals surface area contributed by atoms with E-state index in [2.05, 4.69) is 5.32 Å². The Hall–Kier alpha value is -0.424. The van der Waals surface area contributed by atoms with Crippen molar-refractivity contribution >= 4 is 22.9 Å². The average Bonchev–Trinajstić information content (AvgIpc) is 2.19. The molecule has 0 unspecified atom stereocenters. The summed E-state index contributed by atoms with van der Waals surface area (Å²) in [6.45, 7) is 0. The van der Waals surface area contributed by atoms with E-state index in [-0.39, 0.29) is 61.9 Å². The molecule has 1 aromatic carbocycles. The maximum absolute atomic E-state index is 10.8. The van der Waals surface area contributed by atoms with Gasteiger partial charge in [0.05, 0.1) is 5.57 Å². The van der Waals surface area contributed by atoms with Gasteiger partial charge in [0.1, 0.15) is 11.1 Å².